The van der Waals surface area contributed by atoms with Crippen molar-refractivity contribution in [3.8, 4) is 0 Å². The summed E-state index contributed by atoms with van der Waals surface area (Å²) in [7, 11) is 6.93. The lowest BCUT2D eigenvalue weighted by Crippen LogP contribution is -2.63. The molecule has 3 rings (SSSR count). The molecule has 2 fully saturated rings. The SMILES string of the molecule is CC[C@H](C)[C@@H]([C@@H](CC(=O)N1CCCC1[C@H](OC)[C@@H](C)C(=O)NC(CO)Cc1ccccc1)OC)N(C)C(=O)C(NC(=O)N1[C@H](C)CN(C)C[C@@H]1C)C(C)C. The number of likely N-dealkylation sites (tertiary alicyclic amines) is 1. The van der Waals surface area contributed by atoms with Gasteiger partial charge in [0.1, 0.15) is 6.04 Å². The van der Waals surface area contributed by atoms with Crippen LogP contribution in [0.15, 0.2) is 30.3 Å². The Hall–Kier alpha value is -3.26. The number of amides is 5. The molecule has 5 amide bonds. The van der Waals surface area contributed by atoms with Gasteiger partial charge < -0.3 is 44.8 Å². The van der Waals surface area contributed by atoms with Crippen LogP contribution in [0.5, 0.6) is 0 Å². The third-order valence-electron chi connectivity index (χ3n) is 11.7. The molecule has 13 heteroatoms. The second-order valence-electron chi connectivity index (χ2n) is 16.2. The summed E-state index contributed by atoms with van der Waals surface area (Å²) >= 11 is 0. The molecule has 2 saturated heterocycles. The topological polar surface area (TPSA) is 144 Å². The minimum atomic E-state index is -0.766. The molecule has 0 saturated carbocycles. The zero-order chi connectivity index (χ0) is 40.3. The summed E-state index contributed by atoms with van der Waals surface area (Å²) in [4.78, 5) is 63.2. The number of nitrogens with one attached hydrogen (secondary N) is 2. The molecular formula is C41H70N6O7. The molecular weight excluding hydrogens is 688 g/mol. The largest absolute Gasteiger partial charge is 0.394 e. The van der Waals surface area contributed by atoms with E-state index >= 15 is 0 Å². The Kier molecular flexibility index (Phi) is 17.7. The maximum absolute atomic E-state index is 14.3. The first-order valence-electron chi connectivity index (χ1n) is 19.9. The summed E-state index contributed by atoms with van der Waals surface area (Å²) in [6.45, 7) is 15.6. The van der Waals surface area contributed by atoms with Gasteiger partial charge >= 0.3 is 6.03 Å². The Morgan fingerprint density at radius 2 is 1.61 bits per heavy atom. The van der Waals surface area contributed by atoms with Gasteiger partial charge in [-0.3, -0.25) is 14.4 Å². The highest BCUT2D eigenvalue weighted by Gasteiger charge is 2.43. The number of aliphatic hydroxyl groups excluding tert-OH is 1. The number of hydrogen-bond donors (Lipinski definition) is 3. The van der Waals surface area contributed by atoms with Gasteiger partial charge in [0.25, 0.3) is 0 Å². The molecule has 2 aliphatic rings. The van der Waals surface area contributed by atoms with Crippen molar-refractivity contribution >= 4 is 23.8 Å². The van der Waals surface area contributed by atoms with Gasteiger partial charge in [-0.15, -0.1) is 0 Å². The smallest absolute Gasteiger partial charge is 0.318 e. The molecule has 0 aliphatic carbocycles. The number of urea groups is 1. The highest BCUT2D eigenvalue weighted by Crippen LogP contribution is 2.30. The molecule has 1 aromatic rings. The Labute approximate surface area is 324 Å². The number of nitrogens with zero attached hydrogens (tertiary/aromatic N) is 4. The van der Waals surface area contributed by atoms with Crippen molar-refractivity contribution in [1.82, 2.24) is 30.2 Å². The van der Waals surface area contributed by atoms with E-state index in [9.17, 15) is 24.3 Å². The van der Waals surface area contributed by atoms with E-state index in [-0.39, 0.29) is 66.7 Å². The van der Waals surface area contributed by atoms with Crippen molar-refractivity contribution in [2.45, 2.75) is 129 Å². The molecule has 0 aromatic heterocycles. The number of rotatable bonds is 18. The standard InChI is InChI=1S/C41H70N6O7/c1-12-27(4)37(45(9)40(51)36(26(2)3)43-41(52)47-28(5)23-44(8)24-29(47)6)34(53-10)22-35(49)46-20-16-19-33(46)38(54-11)30(7)39(50)42-32(25-48)21-31-17-14-13-15-18-31/h13-15,17-18,26-30,32-34,36-38,48H,12,16,19-25H2,1-11H3,(H,42,50)(H,43,52)/t27-,28-,29+,30+,32?,33?,34+,36?,37-,38+/m0/s1. The minimum absolute atomic E-state index is 0.00211. The summed E-state index contributed by atoms with van der Waals surface area (Å²) in [6.07, 6.45) is 1.54. The average Bonchev–Trinajstić information content (AvgIpc) is 3.62. The van der Waals surface area contributed by atoms with Gasteiger partial charge in [0.2, 0.25) is 17.7 Å². The first-order valence-corrected chi connectivity index (χ1v) is 19.9. The van der Waals surface area contributed by atoms with Gasteiger partial charge in [-0.25, -0.2) is 4.79 Å². The van der Waals surface area contributed by atoms with Crippen molar-refractivity contribution in [2.75, 3.05) is 54.6 Å². The number of piperazine rings is 1. The molecule has 54 heavy (non-hydrogen) atoms. The van der Waals surface area contributed by atoms with E-state index in [2.05, 4.69) is 29.4 Å². The minimum Gasteiger partial charge on any atom is -0.394 e. The van der Waals surface area contributed by atoms with Crippen molar-refractivity contribution in [3.05, 3.63) is 35.9 Å². The Morgan fingerprint density at radius 3 is 2.15 bits per heavy atom. The van der Waals surface area contributed by atoms with E-state index in [0.29, 0.717) is 19.4 Å². The van der Waals surface area contributed by atoms with Crippen LogP contribution in [0.1, 0.15) is 79.7 Å². The monoisotopic (exact) mass is 759 g/mol. The highest BCUT2D eigenvalue weighted by atomic mass is 16.5. The molecule has 0 spiro atoms. The van der Waals surface area contributed by atoms with E-state index in [1.54, 1.807) is 33.1 Å². The summed E-state index contributed by atoms with van der Waals surface area (Å²) in [5.74, 6) is -1.38. The maximum Gasteiger partial charge on any atom is 0.318 e. The summed E-state index contributed by atoms with van der Waals surface area (Å²) in [6, 6.07) is 7.45. The van der Waals surface area contributed by atoms with Crippen LogP contribution in [0.2, 0.25) is 0 Å². The number of methoxy groups -OCH3 is 2. The predicted molar refractivity (Wildman–Crippen MR) is 211 cm³/mol. The molecule has 0 bridgehead atoms. The zero-order valence-electron chi connectivity index (χ0n) is 34.8. The molecule has 3 unspecified atom stereocenters. The fourth-order valence-corrected chi connectivity index (χ4v) is 8.63. The van der Waals surface area contributed by atoms with Crippen LogP contribution in [0, 0.1) is 17.8 Å². The van der Waals surface area contributed by atoms with E-state index in [1.165, 1.54) is 0 Å². The second kappa shape index (κ2) is 21.2. The second-order valence-corrected chi connectivity index (χ2v) is 16.2. The van der Waals surface area contributed by atoms with Crippen LogP contribution in [-0.4, -0.2) is 151 Å². The number of hydrogen-bond acceptors (Lipinski definition) is 8. The lowest BCUT2D eigenvalue weighted by Gasteiger charge is -2.44. The highest BCUT2D eigenvalue weighted by molar-refractivity contribution is 5.88. The Balaban J connectivity index is 1.75. The maximum atomic E-state index is 14.3. The predicted octanol–water partition coefficient (Wildman–Crippen LogP) is 3.39. The summed E-state index contributed by atoms with van der Waals surface area (Å²) < 4.78 is 12.0. The van der Waals surface area contributed by atoms with Crippen molar-refractivity contribution in [2.24, 2.45) is 17.8 Å². The van der Waals surface area contributed by atoms with E-state index in [0.717, 1.165) is 31.5 Å². The van der Waals surface area contributed by atoms with Crippen molar-refractivity contribution in [3.63, 3.8) is 0 Å². The quantitative estimate of drug-likeness (QED) is 0.207. The molecule has 10 atom stereocenters. The molecule has 1 aromatic carbocycles. The summed E-state index contributed by atoms with van der Waals surface area (Å²) in [5, 5.41) is 16.1. The zero-order valence-corrected chi connectivity index (χ0v) is 34.8. The van der Waals surface area contributed by atoms with Gasteiger partial charge in [0.15, 0.2) is 0 Å². The molecule has 0 radical (unpaired) electrons. The molecule has 2 aliphatic heterocycles. The fourth-order valence-electron chi connectivity index (χ4n) is 8.63. The number of likely N-dealkylation sites (N-methyl/N-ethyl adjacent to an activating group) is 2. The lowest BCUT2D eigenvalue weighted by atomic mass is 9.89. The summed E-state index contributed by atoms with van der Waals surface area (Å²) in [5.41, 5.74) is 1.01. The third-order valence-corrected chi connectivity index (χ3v) is 11.7. The number of carbonyl (C=O) groups excluding carboxylic acids is 4. The number of ether oxygens (including phenoxy) is 2. The van der Waals surface area contributed by atoms with Crippen LogP contribution in [0.25, 0.3) is 0 Å². The van der Waals surface area contributed by atoms with Gasteiger partial charge in [0, 0.05) is 53.0 Å². The fraction of sp³-hybridized carbons (Fsp3) is 0.756. The van der Waals surface area contributed by atoms with Gasteiger partial charge in [-0.05, 0) is 57.6 Å². The number of aliphatic hydroxyl groups is 1. The molecule has 3 N–H and O–H groups in total. The molecule has 2 heterocycles. The van der Waals surface area contributed by atoms with Crippen LogP contribution < -0.4 is 10.6 Å². The first kappa shape index (κ1) is 45.1. The van der Waals surface area contributed by atoms with Gasteiger partial charge in [-0.2, -0.15) is 0 Å². The Morgan fingerprint density at radius 1 is 0.981 bits per heavy atom. The lowest BCUT2D eigenvalue weighted by molar-refractivity contribution is -0.147. The molecule has 306 valence electrons. The Bertz CT molecular complexity index is 1340. The average molecular weight is 759 g/mol. The normalized spacial score (nSPS) is 23.2. The van der Waals surface area contributed by atoms with Crippen LogP contribution in [0.3, 0.4) is 0 Å². The van der Waals surface area contributed by atoms with Crippen molar-refractivity contribution in [1.29, 1.82) is 0 Å². The first-order chi connectivity index (χ1) is 25.6. The van der Waals surface area contributed by atoms with Gasteiger partial charge in [0.05, 0.1) is 49.3 Å². The van der Waals surface area contributed by atoms with Crippen molar-refractivity contribution < 1.29 is 33.8 Å². The van der Waals surface area contributed by atoms with Crippen LogP contribution >= 0.6 is 0 Å². The van der Waals surface area contributed by atoms with E-state index in [4.69, 9.17) is 9.47 Å². The van der Waals surface area contributed by atoms with Crippen LogP contribution in [0.4, 0.5) is 4.79 Å². The molecule has 13 nitrogen and oxygen atoms in total. The number of benzene rings is 1. The van der Waals surface area contributed by atoms with E-state index < -0.39 is 36.3 Å². The van der Waals surface area contributed by atoms with Crippen LogP contribution in [-0.2, 0) is 30.3 Å². The van der Waals surface area contributed by atoms with E-state index in [1.807, 2.05) is 74.9 Å². The van der Waals surface area contributed by atoms with Gasteiger partial charge in [-0.1, -0.05) is 71.4 Å². The third kappa shape index (κ3) is 11.4. The number of carbonyl (C=O) groups is 4.